The summed E-state index contributed by atoms with van der Waals surface area (Å²) in [7, 11) is 0. The lowest BCUT2D eigenvalue weighted by Crippen LogP contribution is -2.24. The Hall–Kier alpha value is -1.33. The van der Waals surface area contributed by atoms with Crippen molar-refractivity contribution < 1.29 is 13.2 Å². The Balaban J connectivity index is 2.38. The van der Waals surface area contributed by atoms with E-state index < -0.39 is 17.7 Å². The summed E-state index contributed by atoms with van der Waals surface area (Å²) in [5, 5.41) is 3.12. The zero-order valence-electron chi connectivity index (χ0n) is 11.5. The Bertz CT molecular complexity index is 611. The van der Waals surface area contributed by atoms with Crippen molar-refractivity contribution in [2.75, 3.05) is 6.54 Å². The molecule has 1 atom stereocenters. The first kappa shape index (κ1) is 16.0. The molecular formula is C16H15BrF3N. The molecule has 5 heteroatoms. The third-order valence-electron chi connectivity index (χ3n) is 3.23. The second-order valence-corrected chi connectivity index (χ2v) is 5.54. The third kappa shape index (κ3) is 3.86. The maximum absolute atomic E-state index is 14.1. The number of benzene rings is 2. The lowest BCUT2D eigenvalue weighted by molar-refractivity contribution is 0.493. The Labute approximate surface area is 130 Å². The predicted octanol–water partition coefficient (Wildman–Crippen LogP) is 4.76. The van der Waals surface area contributed by atoms with Crippen molar-refractivity contribution in [3.05, 3.63) is 69.4 Å². The van der Waals surface area contributed by atoms with Gasteiger partial charge in [-0.1, -0.05) is 28.9 Å². The van der Waals surface area contributed by atoms with E-state index in [-0.39, 0.29) is 17.8 Å². The normalized spacial score (nSPS) is 12.4. The Morgan fingerprint density at radius 2 is 1.86 bits per heavy atom. The monoisotopic (exact) mass is 357 g/mol. The van der Waals surface area contributed by atoms with Crippen LogP contribution in [0.25, 0.3) is 0 Å². The van der Waals surface area contributed by atoms with Crippen LogP contribution in [0.3, 0.4) is 0 Å². The number of rotatable bonds is 5. The van der Waals surface area contributed by atoms with Crippen LogP contribution < -0.4 is 5.32 Å². The summed E-state index contributed by atoms with van der Waals surface area (Å²) in [5.41, 5.74) is 0.638. The van der Waals surface area contributed by atoms with E-state index >= 15 is 0 Å². The first-order valence-electron chi connectivity index (χ1n) is 6.64. The molecule has 0 aliphatic carbocycles. The van der Waals surface area contributed by atoms with Crippen LogP contribution in [0.2, 0.25) is 0 Å². The molecule has 0 saturated carbocycles. The van der Waals surface area contributed by atoms with Crippen molar-refractivity contribution in [1.82, 2.24) is 5.32 Å². The molecule has 1 nitrogen and oxygen atoms in total. The van der Waals surface area contributed by atoms with Crippen LogP contribution in [-0.2, 0) is 6.42 Å². The smallest absolute Gasteiger partial charge is 0.129 e. The zero-order chi connectivity index (χ0) is 15.4. The van der Waals surface area contributed by atoms with Gasteiger partial charge in [-0.05, 0) is 48.9 Å². The van der Waals surface area contributed by atoms with Crippen LogP contribution in [0.1, 0.15) is 24.1 Å². The maximum Gasteiger partial charge on any atom is 0.129 e. The van der Waals surface area contributed by atoms with E-state index in [1.165, 1.54) is 6.07 Å². The van der Waals surface area contributed by atoms with Gasteiger partial charge in [-0.3, -0.25) is 0 Å². The van der Waals surface area contributed by atoms with Crippen LogP contribution in [0.15, 0.2) is 40.9 Å². The summed E-state index contributed by atoms with van der Waals surface area (Å²) in [6, 6.07) is 7.53. The minimum Gasteiger partial charge on any atom is -0.310 e. The van der Waals surface area contributed by atoms with Gasteiger partial charge in [-0.2, -0.15) is 0 Å². The number of hydrogen-bond donors (Lipinski definition) is 1. The number of likely N-dealkylation sites (N-methyl/N-ethyl adjacent to an activating group) is 1. The lowest BCUT2D eigenvalue weighted by Gasteiger charge is -2.21. The summed E-state index contributed by atoms with van der Waals surface area (Å²) in [5.74, 6) is -1.38. The van der Waals surface area contributed by atoms with Gasteiger partial charge >= 0.3 is 0 Å². The van der Waals surface area contributed by atoms with Gasteiger partial charge in [-0.25, -0.2) is 13.2 Å². The van der Waals surface area contributed by atoms with Crippen LogP contribution >= 0.6 is 15.9 Å². The van der Waals surface area contributed by atoms with Gasteiger partial charge in [0.1, 0.15) is 17.5 Å². The quantitative estimate of drug-likeness (QED) is 0.813. The average Bonchev–Trinajstić information content (AvgIpc) is 2.43. The van der Waals surface area contributed by atoms with E-state index in [0.717, 1.165) is 18.2 Å². The SMILES string of the molecule is CCNC(Cc1cc(F)ccc1F)c1c(F)cccc1Br. The first-order chi connectivity index (χ1) is 10.0. The van der Waals surface area contributed by atoms with E-state index in [1.54, 1.807) is 12.1 Å². The van der Waals surface area contributed by atoms with Gasteiger partial charge in [0.15, 0.2) is 0 Å². The summed E-state index contributed by atoms with van der Waals surface area (Å²) >= 11 is 3.32. The predicted molar refractivity (Wildman–Crippen MR) is 80.6 cm³/mol. The molecular weight excluding hydrogens is 343 g/mol. The molecule has 2 rings (SSSR count). The van der Waals surface area contributed by atoms with Crippen LogP contribution in [0.5, 0.6) is 0 Å². The van der Waals surface area contributed by atoms with Gasteiger partial charge in [0.25, 0.3) is 0 Å². The number of halogens is 4. The van der Waals surface area contributed by atoms with Crippen molar-refractivity contribution in [1.29, 1.82) is 0 Å². The Morgan fingerprint density at radius 3 is 2.52 bits per heavy atom. The van der Waals surface area contributed by atoms with Crippen LogP contribution in [0, 0.1) is 17.5 Å². The average molecular weight is 358 g/mol. The van der Waals surface area contributed by atoms with Crippen molar-refractivity contribution in [3.63, 3.8) is 0 Å². The number of nitrogens with one attached hydrogen (secondary N) is 1. The zero-order valence-corrected chi connectivity index (χ0v) is 13.1. The molecule has 1 N–H and O–H groups in total. The highest BCUT2D eigenvalue weighted by atomic mass is 79.9. The van der Waals surface area contributed by atoms with E-state index in [2.05, 4.69) is 21.2 Å². The summed E-state index contributed by atoms with van der Waals surface area (Å²) in [4.78, 5) is 0. The van der Waals surface area contributed by atoms with Crippen molar-refractivity contribution in [3.8, 4) is 0 Å². The van der Waals surface area contributed by atoms with Gasteiger partial charge in [-0.15, -0.1) is 0 Å². The van der Waals surface area contributed by atoms with Gasteiger partial charge in [0.2, 0.25) is 0 Å². The molecule has 0 fully saturated rings. The lowest BCUT2D eigenvalue weighted by atomic mass is 9.98. The summed E-state index contributed by atoms with van der Waals surface area (Å²) < 4.78 is 41.7. The van der Waals surface area contributed by atoms with E-state index in [9.17, 15) is 13.2 Å². The maximum atomic E-state index is 14.1. The summed E-state index contributed by atoms with van der Waals surface area (Å²) in [6.07, 6.45) is 0.164. The molecule has 2 aromatic rings. The van der Waals surface area contributed by atoms with Gasteiger partial charge < -0.3 is 5.32 Å². The highest BCUT2D eigenvalue weighted by molar-refractivity contribution is 9.10. The first-order valence-corrected chi connectivity index (χ1v) is 7.43. The highest BCUT2D eigenvalue weighted by Crippen LogP contribution is 2.29. The van der Waals surface area contributed by atoms with Crippen molar-refractivity contribution in [2.45, 2.75) is 19.4 Å². The van der Waals surface area contributed by atoms with E-state index in [4.69, 9.17) is 0 Å². The third-order valence-corrected chi connectivity index (χ3v) is 3.92. The molecule has 0 bridgehead atoms. The summed E-state index contributed by atoms with van der Waals surface area (Å²) in [6.45, 7) is 2.46. The Kier molecular flexibility index (Phi) is 5.42. The molecule has 112 valence electrons. The highest BCUT2D eigenvalue weighted by Gasteiger charge is 2.20. The largest absolute Gasteiger partial charge is 0.310 e. The molecule has 0 heterocycles. The van der Waals surface area contributed by atoms with Crippen molar-refractivity contribution in [2.24, 2.45) is 0 Å². The molecule has 0 spiro atoms. The fraction of sp³-hybridized carbons (Fsp3) is 0.250. The van der Waals surface area contributed by atoms with Crippen LogP contribution in [-0.4, -0.2) is 6.54 Å². The van der Waals surface area contributed by atoms with Crippen LogP contribution in [0.4, 0.5) is 13.2 Å². The molecule has 0 aliphatic heterocycles. The number of hydrogen-bond acceptors (Lipinski definition) is 1. The minimum atomic E-state index is -0.505. The molecule has 0 aromatic heterocycles. The molecule has 0 saturated heterocycles. The van der Waals surface area contributed by atoms with E-state index in [1.807, 2.05) is 6.92 Å². The molecule has 0 amide bonds. The van der Waals surface area contributed by atoms with E-state index in [0.29, 0.717) is 16.6 Å². The molecule has 2 aromatic carbocycles. The van der Waals surface area contributed by atoms with Gasteiger partial charge in [0, 0.05) is 16.1 Å². The molecule has 0 aliphatic rings. The van der Waals surface area contributed by atoms with Crippen molar-refractivity contribution >= 4 is 15.9 Å². The molecule has 1 unspecified atom stereocenters. The fourth-order valence-electron chi connectivity index (χ4n) is 2.29. The second kappa shape index (κ2) is 7.09. The fourth-order valence-corrected chi connectivity index (χ4v) is 2.90. The minimum absolute atomic E-state index is 0.164. The second-order valence-electron chi connectivity index (χ2n) is 4.69. The molecule has 0 radical (unpaired) electrons. The topological polar surface area (TPSA) is 12.0 Å². The molecule has 21 heavy (non-hydrogen) atoms. The Morgan fingerprint density at radius 1 is 1.10 bits per heavy atom. The standard InChI is InChI=1S/C16H15BrF3N/c1-2-21-15(16-12(17)4-3-5-14(16)20)9-10-8-11(18)6-7-13(10)19/h3-8,15,21H,2,9H2,1H3. The van der Waals surface area contributed by atoms with Gasteiger partial charge in [0.05, 0.1) is 0 Å².